The van der Waals surface area contributed by atoms with Crippen LogP contribution in [-0.4, -0.2) is 93.6 Å². The van der Waals surface area contributed by atoms with Crippen LogP contribution in [0.15, 0.2) is 133 Å². The number of phenols is 3. The molecule has 0 saturated heterocycles. The summed E-state index contributed by atoms with van der Waals surface area (Å²) in [5.41, 5.74) is 9.70. The first-order valence-corrected chi connectivity index (χ1v) is 37.1. The first-order valence-electron chi connectivity index (χ1n) is 37.1. The highest BCUT2D eigenvalue weighted by molar-refractivity contribution is 5.95. The van der Waals surface area contributed by atoms with Gasteiger partial charge in [-0.15, -0.1) is 0 Å². The molecule has 3 aromatic heterocycles. The Balaban J connectivity index is 0.000000179. The lowest BCUT2D eigenvalue weighted by atomic mass is 10.0. The molecule has 3 heterocycles. The molecule has 0 atom stereocenters. The Kier molecular flexibility index (Phi) is 28.0. The number of nitrogens with one attached hydrogen (secondary N) is 6. The van der Waals surface area contributed by atoms with Gasteiger partial charge in [-0.1, -0.05) is 148 Å². The van der Waals surface area contributed by atoms with Crippen LogP contribution in [0.3, 0.4) is 0 Å². The molecule has 542 valence electrons. The van der Waals surface area contributed by atoms with Gasteiger partial charge in [0.15, 0.2) is 0 Å². The van der Waals surface area contributed by atoms with E-state index in [1.54, 1.807) is 54.6 Å². The van der Waals surface area contributed by atoms with Gasteiger partial charge in [-0.3, -0.25) is 14.4 Å². The molecule has 0 radical (unpaired) electrons. The molecule has 0 aliphatic heterocycles. The second-order valence-corrected chi connectivity index (χ2v) is 27.1. The van der Waals surface area contributed by atoms with Crippen molar-refractivity contribution in [3.8, 4) is 51.0 Å². The fourth-order valence-electron chi connectivity index (χ4n) is 14.0. The van der Waals surface area contributed by atoms with Crippen LogP contribution in [-0.2, 0) is 27.3 Å². The molecule has 3 aliphatic rings. The molecule has 11 rings (SSSR count). The summed E-state index contributed by atoms with van der Waals surface area (Å²) in [6.45, 7) is 15.5. The number of carbonyl (C=O) groups excluding carboxylic acids is 6. The molecule has 3 fully saturated rings. The van der Waals surface area contributed by atoms with Gasteiger partial charge in [0.1, 0.15) is 17.2 Å². The van der Waals surface area contributed by atoms with E-state index in [9.17, 15) is 44.1 Å². The number of aromatic hydroxyl groups is 3. The van der Waals surface area contributed by atoms with Crippen LogP contribution in [0.25, 0.3) is 33.8 Å². The molecule has 3 aliphatic carbocycles. The molecule has 9 N–H and O–H groups in total. The third kappa shape index (κ3) is 19.9. The van der Waals surface area contributed by atoms with E-state index in [0.717, 1.165) is 157 Å². The SMILES string of the molecule is CCC(CC)C(=O)Nc1ccc(-c2cc(C3CCCC3)n(C(=O)NCCc3ccccc3)n2)c(O)c1.CCC(CC)C(=O)Nc1ccc(-c2cc(C3CCCC3)n(C(=O)NCc3ccccc3)n2)c(O)c1.CCCNC(=O)n1nc(-c2ccc(NC(=O)C(CC)CC)cc2O)cc1C1CCCC1. The normalized spacial score (nSPS) is 13.9. The largest absolute Gasteiger partial charge is 0.507 e. The Bertz CT molecular complexity index is 4080. The average molecular weight is 1390 g/mol. The van der Waals surface area contributed by atoms with Crippen molar-refractivity contribution in [1.29, 1.82) is 0 Å². The van der Waals surface area contributed by atoms with Crippen LogP contribution in [0, 0.1) is 17.8 Å². The van der Waals surface area contributed by atoms with Gasteiger partial charge in [-0.2, -0.15) is 29.3 Å². The minimum absolute atomic E-state index is 0.0136. The Labute approximate surface area is 600 Å². The van der Waals surface area contributed by atoms with E-state index < -0.39 is 0 Å². The zero-order chi connectivity index (χ0) is 72.7. The number of anilines is 3. The summed E-state index contributed by atoms with van der Waals surface area (Å²) in [5, 5.41) is 63.5. The van der Waals surface area contributed by atoms with E-state index >= 15 is 0 Å². The molecule has 0 bridgehead atoms. The van der Waals surface area contributed by atoms with Crippen LogP contribution in [0.4, 0.5) is 31.4 Å². The van der Waals surface area contributed by atoms with Crippen molar-refractivity contribution < 1.29 is 44.1 Å². The minimum Gasteiger partial charge on any atom is -0.507 e. The number of rotatable bonds is 25. The molecule has 0 unspecified atom stereocenters. The lowest BCUT2D eigenvalue weighted by Gasteiger charge is -2.13. The summed E-state index contributed by atoms with van der Waals surface area (Å²) in [4.78, 5) is 76.1. The second kappa shape index (κ2) is 37.6. The van der Waals surface area contributed by atoms with Crippen molar-refractivity contribution in [3.63, 3.8) is 0 Å². The van der Waals surface area contributed by atoms with E-state index in [-0.39, 0.29) is 82.7 Å². The maximum Gasteiger partial charge on any atom is 0.342 e. The Morgan fingerprint density at radius 1 is 0.392 bits per heavy atom. The summed E-state index contributed by atoms with van der Waals surface area (Å²) >= 11 is 0. The van der Waals surface area contributed by atoms with Crippen molar-refractivity contribution in [1.82, 2.24) is 45.3 Å². The van der Waals surface area contributed by atoms with Crippen LogP contribution in [0.2, 0.25) is 0 Å². The van der Waals surface area contributed by atoms with Gasteiger partial charge < -0.3 is 47.2 Å². The number of carbonyl (C=O) groups is 6. The molecular weight excluding hydrogens is 1280 g/mol. The highest BCUT2D eigenvalue weighted by atomic mass is 16.3. The van der Waals surface area contributed by atoms with Gasteiger partial charge in [-0.25, -0.2) is 14.4 Å². The van der Waals surface area contributed by atoms with Crippen molar-refractivity contribution in [2.45, 2.75) is 201 Å². The van der Waals surface area contributed by atoms with E-state index in [2.05, 4.69) is 47.2 Å². The van der Waals surface area contributed by atoms with Crippen LogP contribution in [0.1, 0.15) is 216 Å². The van der Waals surface area contributed by atoms with E-state index in [1.165, 1.54) is 14.0 Å². The Morgan fingerprint density at radius 2 is 0.696 bits per heavy atom. The maximum atomic E-state index is 13.1. The highest BCUT2D eigenvalue weighted by Crippen LogP contribution is 2.42. The molecule has 0 spiro atoms. The van der Waals surface area contributed by atoms with Gasteiger partial charge in [0.2, 0.25) is 17.7 Å². The smallest absolute Gasteiger partial charge is 0.342 e. The van der Waals surface area contributed by atoms with Crippen LogP contribution >= 0.6 is 0 Å². The molecular formula is C81H104N12O9. The summed E-state index contributed by atoms with van der Waals surface area (Å²) < 4.78 is 4.39. The first kappa shape index (κ1) is 76.1. The number of amides is 6. The number of aromatic nitrogens is 6. The van der Waals surface area contributed by atoms with E-state index in [4.69, 9.17) is 0 Å². The van der Waals surface area contributed by atoms with Gasteiger partial charge in [0.25, 0.3) is 0 Å². The molecule has 21 nitrogen and oxygen atoms in total. The zero-order valence-corrected chi connectivity index (χ0v) is 60.4. The predicted octanol–water partition coefficient (Wildman–Crippen LogP) is 17.4. The van der Waals surface area contributed by atoms with Gasteiger partial charge in [-0.05, 0) is 156 Å². The van der Waals surface area contributed by atoms with Gasteiger partial charge >= 0.3 is 18.1 Å². The number of benzene rings is 5. The molecule has 8 aromatic rings. The van der Waals surface area contributed by atoms with Crippen LogP contribution in [0.5, 0.6) is 17.2 Å². The third-order valence-corrected chi connectivity index (χ3v) is 20.1. The lowest BCUT2D eigenvalue weighted by molar-refractivity contribution is -0.120. The molecule has 21 heteroatoms. The number of hydrogen-bond donors (Lipinski definition) is 9. The van der Waals surface area contributed by atoms with Crippen molar-refractivity contribution in [2.24, 2.45) is 17.8 Å². The minimum atomic E-state index is -0.282. The van der Waals surface area contributed by atoms with E-state index in [0.29, 0.717) is 76.4 Å². The maximum absolute atomic E-state index is 13.1. The fraction of sp³-hybridized carbons (Fsp3) is 0.444. The fourth-order valence-corrected chi connectivity index (χ4v) is 14.0. The summed E-state index contributed by atoms with van der Waals surface area (Å²) in [6, 6.07) is 39.9. The summed E-state index contributed by atoms with van der Waals surface area (Å²) in [5.74, 6) is 0.583. The third-order valence-electron chi connectivity index (χ3n) is 20.1. The van der Waals surface area contributed by atoms with Crippen molar-refractivity contribution >= 4 is 52.9 Å². The predicted molar refractivity (Wildman–Crippen MR) is 402 cm³/mol. The monoisotopic (exact) mass is 1390 g/mol. The molecule has 5 aromatic carbocycles. The highest BCUT2D eigenvalue weighted by Gasteiger charge is 2.30. The lowest BCUT2D eigenvalue weighted by Crippen LogP contribution is -2.32. The topological polar surface area (TPSA) is 289 Å². The molecule has 102 heavy (non-hydrogen) atoms. The Hall–Kier alpha value is -10.1. The number of phenolic OH excluding ortho intramolecular Hbond substituents is 3. The van der Waals surface area contributed by atoms with Crippen molar-refractivity contribution in [3.05, 3.63) is 162 Å². The Morgan fingerprint density at radius 3 is 1.00 bits per heavy atom. The van der Waals surface area contributed by atoms with Crippen LogP contribution < -0.4 is 31.9 Å². The van der Waals surface area contributed by atoms with Gasteiger partial charge in [0.05, 0.1) is 34.2 Å². The average Bonchev–Trinajstić information content (AvgIpc) is 1.66. The quantitative estimate of drug-likeness (QED) is 0.0258. The number of hydrogen-bond acceptors (Lipinski definition) is 12. The molecule has 6 amide bonds. The molecule has 3 saturated carbocycles. The standard InChI is InChI=1S/C29H36N4O3.C28H34N4O3.C24H34N4O3/c1-3-21(4-2)28(35)31-23-14-15-24(27(34)18-23)25-19-26(22-12-8-9-13-22)33(32-25)29(36)30-17-16-20-10-6-5-7-11-20;1-3-20(4-2)27(34)30-22-14-15-23(26(33)16-22)24-17-25(21-12-8-9-13-21)32(31-24)28(35)29-18-19-10-6-5-7-11-19;1-4-13-25-24(31)28-21(17-9-7-8-10-17)15-20(27-28)19-12-11-18(14-22(19)29)26-23(30)16(5-2)6-3/h5-7,10-11,14-15,18-19,21-22,34H,3-4,8-9,12-13,16-17H2,1-2H3,(H,30,36)(H,31,35);5-7,10-11,14-17,20-21,33H,3-4,8-9,12-13,18H2,1-2H3,(H,29,35)(H,30,34);11-12,14-17,29H,4-10,13H2,1-3H3,(H,25,31)(H,26,30). The second-order valence-electron chi connectivity index (χ2n) is 27.1. The van der Waals surface area contributed by atoms with Gasteiger partial charge in [0, 0.05) is 107 Å². The zero-order valence-electron chi connectivity index (χ0n) is 60.4. The first-order chi connectivity index (χ1) is 49.5. The van der Waals surface area contributed by atoms with E-state index in [1.807, 2.05) is 127 Å². The number of nitrogens with zero attached hydrogens (tertiary/aromatic N) is 6. The summed E-state index contributed by atoms with van der Waals surface area (Å²) in [7, 11) is 0. The summed E-state index contributed by atoms with van der Waals surface area (Å²) in [6.07, 6.45) is 19.2. The van der Waals surface area contributed by atoms with Crippen molar-refractivity contribution in [2.75, 3.05) is 29.0 Å².